The first-order valence-corrected chi connectivity index (χ1v) is 4.74. The molecule has 0 spiro atoms. The number of aliphatic hydroxyl groups excluding tert-OH is 1. The molecule has 2 aliphatic rings. The minimum absolute atomic E-state index is 0.103. The molecule has 1 amide bonds. The average molecular weight is 181 g/mol. The van der Waals surface area contributed by atoms with Crippen molar-refractivity contribution in [3.63, 3.8) is 0 Å². The standard InChI is InChI=1S/C10H15NO2/c1-6(2)10-7-3-4-9(13)11(7)5-8(10)12/h7-8,10,12H,1,3-5H2,2H3/t7-,8-,10-/m0/s1. The van der Waals surface area contributed by atoms with E-state index in [9.17, 15) is 9.90 Å². The van der Waals surface area contributed by atoms with Crippen LogP contribution in [0, 0.1) is 5.92 Å². The Morgan fingerprint density at radius 2 is 2.38 bits per heavy atom. The monoisotopic (exact) mass is 181 g/mol. The predicted octanol–water partition coefficient (Wildman–Crippen LogP) is 0.544. The highest BCUT2D eigenvalue weighted by Gasteiger charge is 2.46. The number of carbonyl (C=O) groups excluding carboxylic acids is 1. The SMILES string of the molecule is C=C(C)[C@@H]1[C@@H](O)CN2C(=O)CC[C@@H]12. The molecule has 3 atom stereocenters. The molecule has 2 aliphatic heterocycles. The predicted molar refractivity (Wildman–Crippen MR) is 49.0 cm³/mol. The van der Waals surface area contributed by atoms with E-state index in [1.165, 1.54) is 0 Å². The molecule has 1 N–H and O–H groups in total. The van der Waals surface area contributed by atoms with Crippen molar-refractivity contribution < 1.29 is 9.90 Å². The third kappa shape index (κ3) is 1.18. The number of amides is 1. The minimum atomic E-state index is -0.397. The summed E-state index contributed by atoms with van der Waals surface area (Å²) >= 11 is 0. The van der Waals surface area contributed by atoms with Crippen LogP contribution in [0.25, 0.3) is 0 Å². The van der Waals surface area contributed by atoms with Crippen LogP contribution in [0.3, 0.4) is 0 Å². The van der Waals surface area contributed by atoms with Gasteiger partial charge in [0, 0.05) is 24.9 Å². The highest BCUT2D eigenvalue weighted by atomic mass is 16.3. The van der Waals surface area contributed by atoms with Crippen molar-refractivity contribution in [1.82, 2.24) is 4.90 Å². The van der Waals surface area contributed by atoms with Crippen LogP contribution in [0.2, 0.25) is 0 Å². The van der Waals surface area contributed by atoms with E-state index in [1.54, 1.807) is 0 Å². The molecule has 2 rings (SSSR count). The lowest BCUT2D eigenvalue weighted by Crippen LogP contribution is -2.29. The molecule has 2 fully saturated rings. The van der Waals surface area contributed by atoms with E-state index in [2.05, 4.69) is 6.58 Å². The summed E-state index contributed by atoms with van der Waals surface area (Å²) in [5.74, 6) is 0.291. The molecule has 2 saturated heterocycles. The van der Waals surface area contributed by atoms with E-state index >= 15 is 0 Å². The number of hydrogen-bond donors (Lipinski definition) is 1. The lowest BCUT2D eigenvalue weighted by atomic mass is 9.90. The molecule has 3 heteroatoms. The fraction of sp³-hybridized carbons (Fsp3) is 0.700. The molecule has 2 heterocycles. The number of nitrogens with zero attached hydrogens (tertiary/aromatic N) is 1. The van der Waals surface area contributed by atoms with Crippen LogP contribution in [0.5, 0.6) is 0 Å². The lowest BCUT2D eigenvalue weighted by Gasteiger charge is -2.20. The van der Waals surface area contributed by atoms with Crippen LogP contribution < -0.4 is 0 Å². The molecule has 0 aromatic heterocycles. The Bertz CT molecular complexity index is 262. The van der Waals surface area contributed by atoms with Crippen LogP contribution >= 0.6 is 0 Å². The second kappa shape index (κ2) is 2.84. The molecule has 3 nitrogen and oxygen atoms in total. The normalized spacial score (nSPS) is 38.2. The van der Waals surface area contributed by atoms with Gasteiger partial charge in [0.05, 0.1) is 6.10 Å². The minimum Gasteiger partial charge on any atom is -0.391 e. The van der Waals surface area contributed by atoms with Crippen molar-refractivity contribution in [1.29, 1.82) is 0 Å². The summed E-state index contributed by atoms with van der Waals surface area (Å²) in [5.41, 5.74) is 0.995. The van der Waals surface area contributed by atoms with Crippen LogP contribution in [-0.4, -0.2) is 34.6 Å². The second-order valence-corrected chi connectivity index (χ2v) is 4.09. The van der Waals surface area contributed by atoms with E-state index in [0.717, 1.165) is 12.0 Å². The van der Waals surface area contributed by atoms with Crippen molar-refractivity contribution >= 4 is 5.91 Å². The molecule has 72 valence electrons. The Morgan fingerprint density at radius 1 is 1.69 bits per heavy atom. The van der Waals surface area contributed by atoms with Crippen molar-refractivity contribution in [3.05, 3.63) is 12.2 Å². The van der Waals surface area contributed by atoms with Crippen molar-refractivity contribution in [3.8, 4) is 0 Å². The van der Waals surface area contributed by atoms with Gasteiger partial charge in [0.2, 0.25) is 5.91 Å². The Labute approximate surface area is 78.0 Å². The van der Waals surface area contributed by atoms with Gasteiger partial charge < -0.3 is 10.0 Å². The van der Waals surface area contributed by atoms with E-state index < -0.39 is 6.10 Å². The van der Waals surface area contributed by atoms with E-state index in [1.807, 2.05) is 11.8 Å². The summed E-state index contributed by atoms with van der Waals surface area (Å²) in [4.78, 5) is 13.2. The summed E-state index contributed by atoms with van der Waals surface area (Å²) in [6, 6.07) is 0.222. The quantitative estimate of drug-likeness (QED) is 0.600. The van der Waals surface area contributed by atoms with Crippen molar-refractivity contribution in [2.45, 2.75) is 31.9 Å². The van der Waals surface area contributed by atoms with E-state index in [0.29, 0.717) is 13.0 Å². The molecule has 0 unspecified atom stereocenters. The zero-order valence-electron chi connectivity index (χ0n) is 7.86. The van der Waals surface area contributed by atoms with Gasteiger partial charge in [-0.1, -0.05) is 12.2 Å². The van der Waals surface area contributed by atoms with E-state index in [-0.39, 0.29) is 17.9 Å². The van der Waals surface area contributed by atoms with Crippen molar-refractivity contribution in [2.75, 3.05) is 6.54 Å². The number of hydrogen-bond acceptors (Lipinski definition) is 2. The smallest absolute Gasteiger partial charge is 0.223 e. The van der Waals surface area contributed by atoms with Crippen molar-refractivity contribution in [2.24, 2.45) is 5.92 Å². The van der Waals surface area contributed by atoms with Gasteiger partial charge in [0.15, 0.2) is 0 Å². The summed E-state index contributed by atoms with van der Waals surface area (Å²) in [5, 5.41) is 9.73. The maximum atomic E-state index is 11.4. The lowest BCUT2D eigenvalue weighted by molar-refractivity contribution is -0.128. The molecule has 0 aromatic carbocycles. The molecule has 13 heavy (non-hydrogen) atoms. The number of rotatable bonds is 1. The maximum Gasteiger partial charge on any atom is 0.223 e. The van der Waals surface area contributed by atoms with Crippen LogP contribution in [0.15, 0.2) is 12.2 Å². The Balaban J connectivity index is 2.22. The Hall–Kier alpha value is -0.830. The van der Waals surface area contributed by atoms with Crippen LogP contribution in [0.4, 0.5) is 0 Å². The summed E-state index contributed by atoms with van der Waals surface area (Å²) in [6.45, 7) is 6.31. The first kappa shape index (κ1) is 8.75. The van der Waals surface area contributed by atoms with Gasteiger partial charge in [0.1, 0.15) is 0 Å². The molecule has 0 aliphatic carbocycles. The Morgan fingerprint density at radius 3 is 3.00 bits per heavy atom. The fourth-order valence-corrected chi connectivity index (χ4v) is 2.59. The molecule has 0 radical (unpaired) electrons. The first-order valence-electron chi connectivity index (χ1n) is 4.74. The third-order valence-electron chi connectivity index (χ3n) is 3.16. The number of carbonyl (C=O) groups is 1. The van der Waals surface area contributed by atoms with Crippen LogP contribution in [-0.2, 0) is 4.79 Å². The number of aliphatic hydroxyl groups is 1. The van der Waals surface area contributed by atoms with Gasteiger partial charge in [-0.3, -0.25) is 4.79 Å². The van der Waals surface area contributed by atoms with Gasteiger partial charge in [-0.25, -0.2) is 0 Å². The van der Waals surface area contributed by atoms with E-state index in [4.69, 9.17) is 0 Å². The first-order chi connectivity index (χ1) is 6.11. The average Bonchev–Trinajstić information content (AvgIpc) is 2.51. The topological polar surface area (TPSA) is 40.5 Å². The fourth-order valence-electron chi connectivity index (χ4n) is 2.59. The summed E-state index contributed by atoms with van der Waals surface area (Å²) in [6.07, 6.45) is 1.13. The molecule has 0 aromatic rings. The molecular formula is C10H15NO2. The van der Waals surface area contributed by atoms with Gasteiger partial charge in [-0.15, -0.1) is 0 Å². The highest BCUT2D eigenvalue weighted by molar-refractivity contribution is 5.79. The maximum absolute atomic E-state index is 11.4. The van der Waals surface area contributed by atoms with Crippen LogP contribution in [0.1, 0.15) is 19.8 Å². The zero-order chi connectivity index (χ0) is 9.59. The zero-order valence-corrected chi connectivity index (χ0v) is 7.86. The third-order valence-corrected chi connectivity index (χ3v) is 3.16. The largest absolute Gasteiger partial charge is 0.391 e. The van der Waals surface area contributed by atoms with Gasteiger partial charge in [0.25, 0.3) is 0 Å². The second-order valence-electron chi connectivity index (χ2n) is 4.09. The number of fused-ring (bicyclic) bond motifs is 1. The van der Waals surface area contributed by atoms with Gasteiger partial charge in [-0.2, -0.15) is 0 Å². The summed E-state index contributed by atoms with van der Waals surface area (Å²) < 4.78 is 0. The van der Waals surface area contributed by atoms with Gasteiger partial charge in [-0.05, 0) is 13.3 Å². The highest BCUT2D eigenvalue weighted by Crippen LogP contribution is 2.36. The molecule has 0 saturated carbocycles. The molecule has 0 bridgehead atoms. The van der Waals surface area contributed by atoms with Gasteiger partial charge >= 0.3 is 0 Å². The summed E-state index contributed by atoms with van der Waals surface area (Å²) in [7, 11) is 0. The Kier molecular flexibility index (Phi) is 1.91. The molecular weight excluding hydrogens is 166 g/mol.